The number of carbonyl (C=O) groups is 1. The molecule has 5 heteroatoms. The summed E-state index contributed by atoms with van der Waals surface area (Å²) in [5, 5.41) is 11.3. The first kappa shape index (κ1) is 18.0. The van der Waals surface area contributed by atoms with Crippen LogP contribution in [-0.2, 0) is 15.7 Å². The lowest BCUT2D eigenvalue weighted by molar-refractivity contribution is -0.120. The third kappa shape index (κ3) is 4.34. The molecular formula is C18H32N4O. The van der Waals surface area contributed by atoms with Crippen LogP contribution in [0.4, 0.5) is 5.82 Å². The largest absolute Gasteiger partial charge is 0.314 e. The molecule has 2 atom stereocenters. The number of piperidine rings is 1. The van der Waals surface area contributed by atoms with E-state index in [-0.39, 0.29) is 22.8 Å². The molecule has 0 aromatic carbocycles. The van der Waals surface area contributed by atoms with Gasteiger partial charge < -0.3 is 10.6 Å². The van der Waals surface area contributed by atoms with Crippen molar-refractivity contribution in [3.63, 3.8) is 0 Å². The van der Waals surface area contributed by atoms with Crippen molar-refractivity contribution in [1.82, 2.24) is 15.1 Å². The SMILES string of the molecule is C[C@H]1C[C@@H](C(=O)Nc2cc(C(C)(C)C)nn2C(C)(C)C)CCN1. The molecule has 0 radical (unpaired) electrons. The molecule has 2 rings (SSSR count). The average molecular weight is 320 g/mol. The molecule has 0 unspecified atom stereocenters. The minimum absolute atomic E-state index is 0.0424. The minimum Gasteiger partial charge on any atom is -0.314 e. The Labute approximate surface area is 140 Å². The van der Waals surface area contributed by atoms with E-state index < -0.39 is 0 Å². The van der Waals surface area contributed by atoms with Crippen molar-refractivity contribution >= 4 is 11.7 Å². The van der Waals surface area contributed by atoms with Crippen molar-refractivity contribution in [3.05, 3.63) is 11.8 Å². The van der Waals surface area contributed by atoms with E-state index in [0.717, 1.165) is 30.9 Å². The molecule has 1 aromatic heterocycles. The van der Waals surface area contributed by atoms with Crippen LogP contribution < -0.4 is 10.6 Å². The highest BCUT2D eigenvalue weighted by Crippen LogP contribution is 2.29. The maximum absolute atomic E-state index is 12.7. The lowest BCUT2D eigenvalue weighted by Crippen LogP contribution is -2.40. The Balaban J connectivity index is 2.24. The van der Waals surface area contributed by atoms with Crippen molar-refractivity contribution in [3.8, 4) is 0 Å². The highest BCUT2D eigenvalue weighted by atomic mass is 16.2. The molecule has 1 aromatic rings. The Kier molecular flexibility index (Phi) is 4.90. The number of carbonyl (C=O) groups excluding carboxylic acids is 1. The summed E-state index contributed by atoms with van der Waals surface area (Å²) in [6.07, 6.45) is 1.79. The fourth-order valence-corrected chi connectivity index (χ4v) is 2.95. The molecule has 1 saturated heterocycles. The van der Waals surface area contributed by atoms with E-state index in [1.807, 2.05) is 10.7 Å². The fraction of sp³-hybridized carbons (Fsp3) is 0.778. The summed E-state index contributed by atoms with van der Waals surface area (Å²) >= 11 is 0. The highest BCUT2D eigenvalue weighted by Gasteiger charge is 2.29. The number of anilines is 1. The highest BCUT2D eigenvalue weighted by molar-refractivity contribution is 5.92. The molecule has 1 amide bonds. The Morgan fingerprint density at radius 2 is 1.96 bits per heavy atom. The second-order valence-corrected chi connectivity index (χ2v) is 8.81. The first-order valence-corrected chi connectivity index (χ1v) is 8.64. The van der Waals surface area contributed by atoms with Gasteiger partial charge in [0.2, 0.25) is 5.91 Å². The van der Waals surface area contributed by atoms with Gasteiger partial charge >= 0.3 is 0 Å². The van der Waals surface area contributed by atoms with Gasteiger partial charge in [-0.05, 0) is 47.1 Å². The van der Waals surface area contributed by atoms with Crippen LogP contribution >= 0.6 is 0 Å². The predicted molar refractivity (Wildman–Crippen MR) is 94.7 cm³/mol. The second kappa shape index (κ2) is 6.27. The summed E-state index contributed by atoms with van der Waals surface area (Å²) in [4.78, 5) is 12.7. The number of nitrogens with zero attached hydrogens (tertiary/aromatic N) is 2. The summed E-state index contributed by atoms with van der Waals surface area (Å²) in [7, 11) is 0. The third-order valence-electron chi connectivity index (χ3n) is 4.36. The quantitative estimate of drug-likeness (QED) is 0.879. The van der Waals surface area contributed by atoms with Crippen LogP contribution in [0.3, 0.4) is 0 Å². The summed E-state index contributed by atoms with van der Waals surface area (Å²) in [6, 6.07) is 2.42. The lowest BCUT2D eigenvalue weighted by atomic mass is 9.92. The van der Waals surface area contributed by atoms with E-state index in [0.29, 0.717) is 6.04 Å². The zero-order valence-electron chi connectivity index (χ0n) is 15.7. The normalized spacial score (nSPS) is 22.9. The molecule has 1 fully saturated rings. The van der Waals surface area contributed by atoms with E-state index in [2.05, 4.69) is 59.1 Å². The molecule has 1 aliphatic rings. The van der Waals surface area contributed by atoms with Crippen LogP contribution in [0.15, 0.2) is 6.07 Å². The van der Waals surface area contributed by atoms with Gasteiger partial charge in [0.15, 0.2) is 0 Å². The topological polar surface area (TPSA) is 59.0 Å². The van der Waals surface area contributed by atoms with Crippen LogP contribution in [0, 0.1) is 5.92 Å². The van der Waals surface area contributed by atoms with Crippen molar-refractivity contribution in [2.75, 3.05) is 11.9 Å². The maximum Gasteiger partial charge on any atom is 0.228 e. The molecule has 0 spiro atoms. The smallest absolute Gasteiger partial charge is 0.228 e. The van der Waals surface area contributed by atoms with Crippen LogP contribution in [0.1, 0.15) is 67.0 Å². The summed E-state index contributed by atoms with van der Waals surface area (Å²) < 4.78 is 1.94. The Morgan fingerprint density at radius 1 is 1.30 bits per heavy atom. The van der Waals surface area contributed by atoms with Gasteiger partial charge in [0.25, 0.3) is 0 Å². The number of amides is 1. The van der Waals surface area contributed by atoms with E-state index >= 15 is 0 Å². The van der Waals surface area contributed by atoms with Gasteiger partial charge in [0, 0.05) is 23.4 Å². The Morgan fingerprint density at radius 3 is 2.48 bits per heavy atom. The Bertz CT molecular complexity index is 563. The molecule has 5 nitrogen and oxygen atoms in total. The Hall–Kier alpha value is -1.36. The van der Waals surface area contributed by atoms with Crippen molar-refractivity contribution in [1.29, 1.82) is 0 Å². The molecule has 2 N–H and O–H groups in total. The maximum atomic E-state index is 12.7. The molecular weight excluding hydrogens is 288 g/mol. The number of hydrogen-bond donors (Lipinski definition) is 2. The summed E-state index contributed by atoms with van der Waals surface area (Å²) in [6.45, 7) is 15.8. The van der Waals surface area contributed by atoms with E-state index in [4.69, 9.17) is 5.10 Å². The van der Waals surface area contributed by atoms with E-state index in [1.54, 1.807) is 0 Å². The van der Waals surface area contributed by atoms with Gasteiger partial charge in [-0.25, -0.2) is 4.68 Å². The number of hydrogen-bond acceptors (Lipinski definition) is 3. The molecule has 1 aliphatic heterocycles. The lowest BCUT2D eigenvalue weighted by Gasteiger charge is -2.28. The minimum atomic E-state index is -0.173. The molecule has 0 aliphatic carbocycles. The van der Waals surface area contributed by atoms with Gasteiger partial charge in [0.05, 0.1) is 11.2 Å². The zero-order chi connectivity index (χ0) is 17.4. The van der Waals surface area contributed by atoms with Crippen molar-refractivity contribution in [2.24, 2.45) is 5.92 Å². The predicted octanol–water partition coefficient (Wildman–Crippen LogP) is 3.26. The van der Waals surface area contributed by atoms with Crippen LogP contribution in [-0.4, -0.2) is 28.3 Å². The first-order valence-electron chi connectivity index (χ1n) is 8.64. The standard InChI is InChI=1S/C18H32N4O/c1-12-10-13(8-9-19-12)16(23)20-15-11-14(17(2,3)4)21-22(15)18(5,6)7/h11-13,19H,8-10H2,1-7H3,(H,20,23)/t12-,13-/m0/s1. The van der Waals surface area contributed by atoms with Crippen LogP contribution in [0.5, 0.6) is 0 Å². The molecule has 0 bridgehead atoms. The zero-order valence-corrected chi connectivity index (χ0v) is 15.7. The average Bonchev–Trinajstić information content (AvgIpc) is 2.82. The van der Waals surface area contributed by atoms with E-state index in [1.165, 1.54) is 0 Å². The molecule has 23 heavy (non-hydrogen) atoms. The number of rotatable bonds is 2. The molecule has 2 heterocycles. The second-order valence-electron chi connectivity index (χ2n) is 8.81. The van der Waals surface area contributed by atoms with Gasteiger partial charge in [-0.3, -0.25) is 4.79 Å². The monoisotopic (exact) mass is 320 g/mol. The van der Waals surface area contributed by atoms with Gasteiger partial charge in [0.1, 0.15) is 5.82 Å². The van der Waals surface area contributed by atoms with Crippen molar-refractivity contribution in [2.45, 2.75) is 78.3 Å². The van der Waals surface area contributed by atoms with Crippen LogP contribution in [0.2, 0.25) is 0 Å². The first-order chi connectivity index (χ1) is 10.5. The van der Waals surface area contributed by atoms with Crippen LogP contribution in [0.25, 0.3) is 0 Å². The fourth-order valence-electron chi connectivity index (χ4n) is 2.95. The summed E-state index contributed by atoms with van der Waals surface area (Å²) in [5.74, 6) is 0.996. The van der Waals surface area contributed by atoms with Crippen molar-refractivity contribution < 1.29 is 4.79 Å². The van der Waals surface area contributed by atoms with Gasteiger partial charge in [-0.2, -0.15) is 5.10 Å². The van der Waals surface area contributed by atoms with E-state index in [9.17, 15) is 4.79 Å². The molecule has 0 saturated carbocycles. The number of nitrogens with one attached hydrogen (secondary N) is 2. The summed E-state index contributed by atoms with van der Waals surface area (Å²) in [5.41, 5.74) is 0.786. The van der Waals surface area contributed by atoms with Gasteiger partial charge in [-0.1, -0.05) is 20.8 Å². The molecule has 130 valence electrons. The third-order valence-corrected chi connectivity index (χ3v) is 4.36. The number of aromatic nitrogens is 2. The van der Waals surface area contributed by atoms with Gasteiger partial charge in [-0.15, -0.1) is 0 Å².